The Hall–Kier alpha value is -1.17. The van der Waals surface area contributed by atoms with Gasteiger partial charge in [-0.2, -0.15) is 0 Å². The third-order valence-corrected chi connectivity index (χ3v) is 4.67. The van der Waals surface area contributed by atoms with Crippen LogP contribution in [0.15, 0.2) is 35.0 Å². The van der Waals surface area contributed by atoms with Crippen molar-refractivity contribution in [3.63, 3.8) is 0 Å². The van der Waals surface area contributed by atoms with E-state index in [1.807, 2.05) is 26.8 Å². The minimum Gasteiger partial charge on any atom is -0.459 e. The van der Waals surface area contributed by atoms with Crippen LogP contribution in [-0.2, 0) is 16.0 Å². The van der Waals surface area contributed by atoms with Gasteiger partial charge in [0.25, 0.3) is 0 Å². The monoisotopic (exact) mass is 323 g/mol. The summed E-state index contributed by atoms with van der Waals surface area (Å²) >= 11 is 3.45. The van der Waals surface area contributed by atoms with Gasteiger partial charge in [0.2, 0.25) is 0 Å². The predicted molar refractivity (Wildman–Crippen MR) is 88.9 cm³/mol. The van der Waals surface area contributed by atoms with Crippen LogP contribution in [0, 0.1) is 0 Å². The summed E-state index contributed by atoms with van der Waals surface area (Å²) < 4.78 is 5.35. The Morgan fingerprint density at radius 3 is 2.52 bits per heavy atom. The first-order valence-electron chi connectivity index (χ1n) is 6.95. The molecule has 2 aromatic rings. The summed E-state index contributed by atoms with van der Waals surface area (Å²) in [4.78, 5) is 14.4. The molecule has 1 atom stereocenters. The van der Waals surface area contributed by atoms with Crippen LogP contribution in [0.1, 0.15) is 36.6 Å². The standard InChI is InChI=1S/C16H21NO2S2/c1-16(2,3)19-15(18)11-17-13(14-7-5-9-21-14)10-12-6-4-8-20-12/h4-9,13,17H,10-11H2,1-3H3. The molecule has 0 aliphatic carbocycles. The highest BCUT2D eigenvalue weighted by Crippen LogP contribution is 2.24. The van der Waals surface area contributed by atoms with E-state index in [1.54, 1.807) is 22.7 Å². The number of thiophene rings is 2. The summed E-state index contributed by atoms with van der Waals surface area (Å²) in [5.41, 5.74) is -0.440. The van der Waals surface area contributed by atoms with Crippen molar-refractivity contribution < 1.29 is 9.53 Å². The van der Waals surface area contributed by atoms with E-state index in [0.29, 0.717) is 0 Å². The Labute approximate surface area is 134 Å². The van der Waals surface area contributed by atoms with Gasteiger partial charge in [-0.05, 0) is 43.7 Å². The molecule has 0 aromatic carbocycles. The number of carbonyl (C=O) groups is 1. The van der Waals surface area contributed by atoms with E-state index in [4.69, 9.17) is 4.74 Å². The first-order chi connectivity index (χ1) is 9.94. The molecule has 2 heterocycles. The molecule has 0 saturated heterocycles. The molecule has 0 amide bonds. The first-order valence-corrected chi connectivity index (χ1v) is 8.71. The Kier molecular flexibility index (Phi) is 5.56. The normalized spacial score (nSPS) is 13.1. The Bertz CT molecular complexity index is 541. The van der Waals surface area contributed by atoms with Crippen LogP contribution in [0.5, 0.6) is 0 Å². The zero-order valence-corrected chi connectivity index (χ0v) is 14.2. The molecule has 114 valence electrons. The summed E-state index contributed by atoms with van der Waals surface area (Å²) in [6, 6.07) is 8.47. The van der Waals surface area contributed by atoms with Gasteiger partial charge in [-0.25, -0.2) is 0 Å². The lowest BCUT2D eigenvalue weighted by atomic mass is 10.1. The molecule has 0 aliphatic rings. The van der Waals surface area contributed by atoms with Crippen molar-refractivity contribution in [1.82, 2.24) is 5.32 Å². The maximum Gasteiger partial charge on any atom is 0.320 e. The molecule has 3 nitrogen and oxygen atoms in total. The van der Waals surface area contributed by atoms with Crippen LogP contribution in [0.2, 0.25) is 0 Å². The van der Waals surface area contributed by atoms with E-state index in [0.717, 1.165) is 6.42 Å². The zero-order chi connectivity index (χ0) is 15.3. The molecule has 2 rings (SSSR count). The molecule has 2 aromatic heterocycles. The maximum atomic E-state index is 11.9. The van der Waals surface area contributed by atoms with Crippen molar-refractivity contribution >= 4 is 28.6 Å². The quantitative estimate of drug-likeness (QED) is 0.816. The summed E-state index contributed by atoms with van der Waals surface area (Å²) in [5.74, 6) is -0.213. The molecule has 0 aliphatic heterocycles. The second-order valence-corrected chi connectivity index (χ2v) is 7.83. The smallest absolute Gasteiger partial charge is 0.320 e. The fourth-order valence-corrected chi connectivity index (χ4v) is 3.53. The summed E-state index contributed by atoms with van der Waals surface area (Å²) in [6.07, 6.45) is 0.890. The minimum absolute atomic E-state index is 0.149. The highest BCUT2D eigenvalue weighted by molar-refractivity contribution is 7.10. The maximum absolute atomic E-state index is 11.9. The van der Waals surface area contributed by atoms with E-state index >= 15 is 0 Å². The lowest BCUT2D eigenvalue weighted by Gasteiger charge is -2.21. The Morgan fingerprint density at radius 1 is 1.24 bits per heavy atom. The Balaban J connectivity index is 1.95. The van der Waals surface area contributed by atoms with E-state index in [9.17, 15) is 4.79 Å². The third kappa shape index (κ3) is 5.61. The van der Waals surface area contributed by atoms with Crippen molar-refractivity contribution in [3.8, 4) is 0 Å². The van der Waals surface area contributed by atoms with Crippen molar-refractivity contribution in [2.24, 2.45) is 0 Å². The van der Waals surface area contributed by atoms with Gasteiger partial charge in [0.05, 0.1) is 6.54 Å². The lowest BCUT2D eigenvalue weighted by molar-refractivity contribution is -0.153. The topological polar surface area (TPSA) is 38.3 Å². The van der Waals surface area contributed by atoms with Gasteiger partial charge in [0.1, 0.15) is 5.60 Å². The van der Waals surface area contributed by atoms with Gasteiger partial charge in [0.15, 0.2) is 0 Å². The highest BCUT2D eigenvalue weighted by atomic mass is 32.1. The number of esters is 1. The number of nitrogens with one attached hydrogen (secondary N) is 1. The number of ether oxygens (including phenoxy) is 1. The van der Waals surface area contributed by atoms with Crippen LogP contribution in [-0.4, -0.2) is 18.1 Å². The third-order valence-electron chi connectivity index (χ3n) is 2.78. The minimum atomic E-state index is -0.440. The van der Waals surface area contributed by atoms with Crippen molar-refractivity contribution in [3.05, 3.63) is 44.8 Å². The largest absolute Gasteiger partial charge is 0.459 e. The van der Waals surface area contributed by atoms with Gasteiger partial charge in [-0.1, -0.05) is 12.1 Å². The molecule has 5 heteroatoms. The summed E-state index contributed by atoms with van der Waals surface area (Å²) in [5, 5.41) is 7.46. The molecule has 0 saturated carbocycles. The SMILES string of the molecule is CC(C)(C)OC(=O)CNC(Cc1cccs1)c1cccs1. The van der Waals surface area contributed by atoms with E-state index in [-0.39, 0.29) is 18.6 Å². The molecule has 0 radical (unpaired) electrons. The summed E-state index contributed by atoms with van der Waals surface area (Å²) in [6.45, 7) is 5.87. The molecular formula is C16H21NO2S2. The van der Waals surface area contributed by atoms with E-state index < -0.39 is 5.60 Å². The fourth-order valence-electron chi connectivity index (χ4n) is 1.98. The van der Waals surface area contributed by atoms with Gasteiger partial charge in [-0.15, -0.1) is 22.7 Å². The average molecular weight is 323 g/mol. The Morgan fingerprint density at radius 2 is 1.95 bits per heavy atom. The lowest BCUT2D eigenvalue weighted by Crippen LogP contribution is -2.33. The van der Waals surface area contributed by atoms with E-state index in [1.165, 1.54) is 9.75 Å². The van der Waals surface area contributed by atoms with E-state index in [2.05, 4.69) is 34.3 Å². The molecule has 0 spiro atoms. The van der Waals surface area contributed by atoms with Gasteiger partial charge < -0.3 is 4.74 Å². The van der Waals surface area contributed by atoms with Gasteiger partial charge >= 0.3 is 5.97 Å². The van der Waals surface area contributed by atoms with Crippen molar-refractivity contribution in [2.75, 3.05) is 6.54 Å². The second kappa shape index (κ2) is 7.20. The number of carbonyl (C=O) groups excluding carboxylic acids is 1. The number of rotatable bonds is 6. The summed E-state index contributed by atoms with van der Waals surface area (Å²) in [7, 11) is 0. The molecule has 0 bridgehead atoms. The van der Waals surface area contributed by atoms with Crippen LogP contribution in [0.3, 0.4) is 0 Å². The van der Waals surface area contributed by atoms with Crippen molar-refractivity contribution in [2.45, 2.75) is 38.8 Å². The highest BCUT2D eigenvalue weighted by Gasteiger charge is 2.19. The molecule has 1 N–H and O–H groups in total. The molecule has 1 unspecified atom stereocenters. The van der Waals surface area contributed by atoms with Gasteiger partial charge in [-0.3, -0.25) is 10.1 Å². The van der Waals surface area contributed by atoms with Crippen LogP contribution in [0.4, 0.5) is 0 Å². The van der Waals surface area contributed by atoms with Gasteiger partial charge in [0, 0.05) is 22.2 Å². The van der Waals surface area contributed by atoms with Crippen LogP contribution >= 0.6 is 22.7 Å². The molecular weight excluding hydrogens is 302 g/mol. The molecule has 21 heavy (non-hydrogen) atoms. The first kappa shape index (κ1) is 16.2. The molecule has 0 fully saturated rings. The number of hydrogen-bond donors (Lipinski definition) is 1. The predicted octanol–water partition coefficient (Wildman–Crippen LogP) is 4.02. The zero-order valence-electron chi connectivity index (χ0n) is 12.6. The van der Waals surface area contributed by atoms with Crippen molar-refractivity contribution in [1.29, 1.82) is 0 Å². The second-order valence-electron chi connectivity index (χ2n) is 5.82. The number of hydrogen-bond acceptors (Lipinski definition) is 5. The van der Waals surface area contributed by atoms with Crippen LogP contribution < -0.4 is 5.32 Å². The van der Waals surface area contributed by atoms with Crippen LogP contribution in [0.25, 0.3) is 0 Å². The average Bonchev–Trinajstić information content (AvgIpc) is 3.05. The fraction of sp³-hybridized carbons (Fsp3) is 0.438.